The summed E-state index contributed by atoms with van der Waals surface area (Å²) in [5.41, 5.74) is -0.0519. The maximum absolute atomic E-state index is 11.0. The molecule has 0 radical (unpaired) electrons. The molecule has 19 heavy (non-hydrogen) atoms. The van der Waals surface area contributed by atoms with E-state index in [9.17, 15) is 10.1 Å². The summed E-state index contributed by atoms with van der Waals surface area (Å²) in [6.07, 6.45) is 3.75. The predicted molar refractivity (Wildman–Crippen MR) is 72.5 cm³/mol. The van der Waals surface area contributed by atoms with Crippen LogP contribution in [0.25, 0.3) is 0 Å². The average Bonchev–Trinajstić information content (AvgIpc) is 2.42. The third kappa shape index (κ3) is 2.50. The molecule has 4 rings (SSSR count). The van der Waals surface area contributed by atoms with Crippen molar-refractivity contribution >= 4 is 23.1 Å². The summed E-state index contributed by atoms with van der Waals surface area (Å²) >= 11 is 5.76. The second-order valence-corrected chi connectivity index (χ2v) is 5.60. The minimum absolute atomic E-state index is 0.0519. The lowest BCUT2D eigenvalue weighted by molar-refractivity contribution is -0.384. The lowest BCUT2D eigenvalue weighted by Crippen LogP contribution is -2.53. The van der Waals surface area contributed by atoms with Gasteiger partial charge in [-0.25, -0.2) is 4.98 Å². The van der Waals surface area contributed by atoms with Crippen LogP contribution in [0.4, 0.5) is 11.5 Å². The Hall–Kier alpha value is -1.40. The van der Waals surface area contributed by atoms with Crippen molar-refractivity contribution < 1.29 is 4.92 Å². The topological polar surface area (TPSA) is 71.3 Å². The molecule has 1 atom stereocenters. The molecule has 3 saturated heterocycles. The molecular formula is C12H15ClN4O2. The minimum Gasteiger partial charge on any atom is -0.360 e. The Bertz CT molecular complexity index is 503. The quantitative estimate of drug-likeness (QED) is 0.679. The van der Waals surface area contributed by atoms with Gasteiger partial charge in [0.05, 0.1) is 9.95 Å². The second kappa shape index (κ2) is 4.94. The van der Waals surface area contributed by atoms with E-state index in [1.165, 1.54) is 12.3 Å². The molecule has 0 aromatic carbocycles. The maximum Gasteiger partial charge on any atom is 0.312 e. The van der Waals surface area contributed by atoms with Crippen LogP contribution in [-0.2, 0) is 0 Å². The number of piperidine rings is 3. The number of nitro groups is 1. The fourth-order valence-electron chi connectivity index (χ4n) is 2.98. The van der Waals surface area contributed by atoms with Gasteiger partial charge in [-0.1, -0.05) is 11.6 Å². The third-order valence-corrected chi connectivity index (χ3v) is 4.22. The second-order valence-electron chi connectivity index (χ2n) is 5.17. The van der Waals surface area contributed by atoms with Gasteiger partial charge in [-0.3, -0.25) is 10.1 Å². The van der Waals surface area contributed by atoms with Gasteiger partial charge in [0.1, 0.15) is 0 Å². The zero-order valence-electron chi connectivity index (χ0n) is 10.4. The van der Waals surface area contributed by atoms with Crippen LogP contribution in [0.5, 0.6) is 0 Å². The molecule has 102 valence electrons. The molecule has 0 aliphatic carbocycles. The highest BCUT2D eigenvalue weighted by Gasteiger charge is 2.35. The molecule has 6 nitrogen and oxygen atoms in total. The summed E-state index contributed by atoms with van der Waals surface area (Å²) in [6.45, 7) is 3.21. The molecule has 1 aromatic rings. The number of pyridine rings is 1. The van der Waals surface area contributed by atoms with Gasteiger partial charge in [-0.2, -0.15) is 0 Å². The van der Waals surface area contributed by atoms with E-state index in [1.807, 2.05) is 0 Å². The fourth-order valence-corrected chi connectivity index (χ4v) is 3.14. The van der Waals surface area contributed by atoms with Crippen LogP contribution in [0.1, 0.15) is 12.8 Å². The molecule has 3 aliphatic heterocycles. The number of fused-ring (bicyclic) bond motifs is 3. The van der Waals surface area contributed by atoms with Gasteiger partial charge in [-0.05, 0) is 31.8 Å². The summed E-state index contributed by atoms with van der Waals surface area (Å²) in [4.78, 5) is 17.1. The van der Waals surface area contributed by atoms with Gasteiger partial charge >= 0.3 is 5.69 Å². The maximum atomic E-state index is 11.0. The van der Waals surface area contributed by atoms with Gasteiger partial charge in [0.15, 0.2) is 0 Å². The fraction of sp³-hybridized carbons (Fsp3) is 0.583. The van der Waals surface area contributed by atoms with Crippen molar-refractivity contribution in [1.82, 2.24) is 9.88 Å². The number of anilines is 1. The molecule has 4 heterocycles. The molecule has 1 N–H and O–H groups in total. The van der Waals surface area contributed by atoms with E-state index < -0.39 is 4.92 Å². The van der Waals surface area contributed by atoms with Gasteiger partial charge in [-0.15, -0.1) is 0 Å². The van der Waals surface area contributed by atoms with Gasteiger partial charge < -0.3 is 10.2 Å². The van der Waals surface area contributed by atoms with Crippen LogP contribution in [0.2, 0.25) is 5.02 Å². The van der Waals surface area contributed by atoms with E-state index in [-0.39, 0.29) is 16.8 Å². The molecule has 0 amide bonds. The normalized spacial score (nSPS) is 29.2. The number of hydrogen-bond acceptors (Lipinski definition) is 5. The average molecular weight is 283 g/mol. The van der Waals surface area contributed by atoms with Crippen LogP contribution >= 0.6 is 11.6 Å². The first-order chi connectivity index (χ1) is 9.13. The Morgan fingerprint density at radius 2 is 2.21 bits per heavy atom. The number of nitrogens with zero attached hydrogens (tertiary/aromatic N) is 3. The monoisotopic (exact) mass is 282 g/mol. The third-order valence-electron chi connectivity index (χ3n) is 4.01. The summed E-state index contributed by atoms with van der Waals surface area (Å²) in [5, 5.41) is 14.6. The lowest BCUT2D eigenvalue weighted by atomic mass is 9.84. The van der Waals surface area contributed by atoms with Gasteiger partial charge in [0.25, 0.3) is 0 Å². The molecule has 7 heteroatoms. The smallest absolute Gasteiger partial charge is 0.312 e. The predicted octanol–water partition coefficient (Wildman–Crippen LogP) is 2.15. The molecule has 0 saturated carbocycles. The molecule has 3 aliphatic rings. The molecule has 2 bridgehead atoms. The number of halogens is 1. The van der Waals surface area contributed by atoms with Crippen molar-refractivity contribution in [2.75, 3.05) is 25.0 Å². The number of nitrogens with one attached hydrogen (secondary N) is 1. The molecule has 3 fully saturated rings. The SMILES string of the molecule is O=[N+]([O-])c1cc(Cl)cnc1NC1CN2CCC1CC2. The number of hydrogen-bond donors (Lipinski definition) is 1. The van der Waals surface area contributed by atoms with Crippen molar-refractivity contribution in [2.24, 2.45) is 5.92 Å². The Kier molecular flexibility index (Phi) is 3.28. The Balaban J connectivity index is 1.81. The summed E-state index contributed by atoms with van der Waals surface area (Å²) < 4.78 is 0. The first-order valence-corrected chi connectivity index (χ1v) is 6.80. The first kappa shape index (κ1) is 12.6. The van der Waals surface area contributed by atoms with Crippen molar-refractivity contribution in [2.45, 2.75) is 18.9 Å². The standard InChI is InChI=1S/C12H15ClN4O2/c13-9-5-11(17(18)19)12(14-6-9)15-10-7-16-3-1-8(10)2-4-16/h5-6,8,10H,1-4,7H2,(H,14,15). The van der Waals surface area contributed by atoms with E-state index in [1.54, 1.807) is 0 Å². The first-order valence-electron chi connectivity index (χ1n) is 6.42. The summed E-state index contributed by atoms with van der Waals surface area (Å²) in [6, 6.07) is 1.59. The molecule has 1 unspecified atom stereocenters. The zero-order valence-corrected chi connectivity index (χ0v) is 11.1. The van der Waals surface area contributed by atoms with Crippen LogP contribution in [0.3, 0.4) is 0 Å². The number of aromatic nitrogens is 1. The van der Waals surface area contributed by atoms with E-state index >= 15 is 0 Å². The van der Waals surface area contributed by atoms with Gasteiger partial charge in [0, 0.05) is 24.8 Å². The van der Waals surface area contributed by atoms with Crippen molar-refractivity contribution in [3.63, 3.8) is 0 Å². The van der Waals surface area contributed by atoms with Crippen molar-refractivity contribution in [3.8, 4) is 0 Å². The zero-order chi connectivity index (χ0) is 13.4. The molecule has 0 spiro atoms. The van der Waals surface area contributed by atoms with E-state index in [0.29, 0.717) is 11.7 Å². The molecular weight excluding hydrogens is 268 g/mol. The summed E-state index contributed by atoms with van der Waals surface area (Å²) in [7, 11) is 0. The highest BCUT2D eigenvalue weighted by molar-refractivity contribution is 6.30. The Morgan fingerprint density at radius 1 is 1.47 bits per heavy atom. The van der Waals surface area contributed by atoms with E-state index in [4.69, 9.17) is 11.6 Å². The lowest BCUT2D eigenvalue weighted by Gasteiger charge is -2.45. The van der Waals surface area contributed by atoms with Crippen LogP contribution in [0, 0.1) is 16.0 Å². The highest BCUT2D eigenvalue weighted by Crippen LogP contribution is 2.32. The number of rotatable bonds is 3. The van der Waals surface area contributed by atoms with Crippen molar-refractivity contribution in [3.05, 3.63) is 27.4 Å². The highest BCUT2D eigenvalue weighted by atomic mass is 35.5. The van der Waals surface area contributed by atoms with Crippen molar-refractivity contribution in [1.29, 1.82) is 0 Å². The van der Waals surface area contributed by atoms with Crippen LogP contribution < -0.4 is 5.32 Å². The van der Waals surface area contributed by atoms with Crippen LogP contribution in [-0.4, -0.2) is 40.5 Å². The molecule has 1 aromatic heterocycles. The minimum atomic E-state index is -0.442. The summed E-state index contributed by atoms with van der Waals surface area (Å²) in [5.74, 6) is 0.912. The Labute approximate surface area is 115 Å². The van der Waals surface area contributed by atoms with E-state index in [2.05, 4.69) is 15.2 Å². The van der Waals surface area contributed by atoms with Gasteiger partial charge in [0.2, 0.25) is 5.82 Å². The largest absolute Gasteiger partial charge is 0.360 e. The van der Waals surface area contributed by atoms with Crippen LogP contribution in [0.15, 0.2) is 12.3 Å². The van der Waals surface area contributed by atoms with E-state index in [0.717, 1.165) is 32.5 Å². The Morgan fingerprint density at radius 3 is 2.79 bits per heavy atom.